The molecule has 4 rings (SSSR count). The number of benzene rings is 2. The first kappa shape index (κ1) is 41.1. The predicted molar refractivity (Wildman–Crippen MR) is 175 cm³/mol. The summed E-state index contributed by atoms with van der Waals surface area (Å²) >= 11 is 6.08. The summed E-state index contributed by atoms with van der Waals surface area (Å²) in [5.41, 5.74) is -1.80. The molecular weight excluding hydrogens is 744 g/mol. The van der Waals surface area contributed by atoms with Crippen LogP contribution in [0.1, 0.15) is 55.8 Å². The maximum Gasteiger partial charge on any atom is 0.461 e. The van der Waals surface area contributed by atoms with Gasteiger partial charge >= 0.3 is 30.7 Å². The van der Waals surface area contributed by atoms with Crippen LogP contribution in [0.3, 0.4) is 0 Å². The molecule has 0 saturated heterocycles. The second kappa shape index (κ2) is 17.4. The SMILES string of the molecule is CCOC(=O)CC(NC(=O)[C@H]1CCCC[C@H]1NC(=O)N[C@@](Cc1ccccc1)(c1cc(F)cc(OC(F)(F)C(F)F)c1)c1ccc(Cl)cn1)C(F)(F)F. The lowest BCUT2D eigenvalue weighted by molar-refractivity contribution is -0.253. The van der Waals surface area contributed by atoms with E-state index < -0.39 is 78.1 Å². The highest BCUT2D eigenvalue weighted by atomic mass is 35.5. The normalized spacial score (nSPS) is 18.0. The Hall–Kier alpha value is -4.67. The number of carbonyl (C=O) groups is 3. The Morgan fingerprint density at radius 1 is 0.981 bits per heavy atom. The highest BCUT2D eigenvalue weighted by Gasteiger charge is 2.46. The molecule has 4 atom stereocenters. The average Bonchev–Trinajstić information content (AvgIpc) is 3.07. The van der Waals surface area contributed by atoms with Gasteiger partial charge in [-0.05, 0) is 55.2 Å². The lowest BCUT2D eigenvalue weighted by Gasteiger charge is -2.38. The molecule has 3 amide bonds. The first-order valence-electron chi connectivity index (χ1n) is 16.4. The van der Waals surface area contributed by atoms with E-state index in [2.05, 4.69) is 25.1 Å². The van der Waals surface area contributed by atoms with Crippen molar-refractivity contribution >= 4 is 29.5 Å². The predicted octanol–water partition coefficient (Wildman–Crippen LogP) is 7.46. The van der Waals surface area contributed by atoms with Crippen molar-refractivity contribution in [2.75, 3.05) is 6.61 Å². The summed E-state index contributed by atoms with van der Waals surface area (Å²) in [7, 11) is 0. The number of urea groups is 1. The Labute approximate surface area is 303 Å². The van der Waals surface area contributed by atoms with Gasteiger partial charge in [0.2, 0.25) is 5.91 Å². The number of aromatic nitrogens is 1. The van der Waals surface area contributed by atoms with Crippen LogP contribution in [-0.2, 0) is 26.3 Å². The standard InChI is InChI=1S/C35H35ClF8N4O5/c1-2-52-29(49)17-28(34(40,41)42)47-30(50)25-10-6-7-11-26(25)46-32(51)48-33(18-20-8-4-3-5-9-20,27-13-12-22(36)19-45-27)21-14-23(37)16-24(15-21)53-35(43,44)31(38)39/h3-5,8-9,12-16,19,25-26,28,31H,2,6-7,10-11,17-18H2,1H3,(H,47,50)(H2,46,48,51)/t25-,26+,28?,33-/m0/s1. The second-order valence-corrected chi connectivity index (χ2v) is 12.7. The Morgan fingerprint density at radius 3 is 2.30 bits per heavy atom. The topological polar surface area (TPSA) is 119 Å². The number of ether oxygens (including phenoxy) is 2. The van der Waals surface area contributed by atoms with Gasteiger partial charge in [0, 0.05) is 24.7 Å². The molecule has 0 spiro atoms. The molecule has 0 bridgehead atoms. The fourth-order valence-electron chi connectivity index (χ4n) is 6.05. The molecule has 1 aliphatic rings. The number of carbonyl (C=O) groups excluding carboxylic acids is 3. The number of hydrogen-bond donors (Lipinski definition) is 3. The zero-order valence-electron chi connectivity index (χ0n) is 28.0. The van der Waals surface area contributed by atoms with E-state index in [0.29, 0.717) is 24.5 Å². The summed E-state index contributed by atoms with van der Waals surface area (Å²) in [4.78, 5) is 43.5. The third-order valence-electron chi connectivity index (χ3n) is 8.48. The van der Waals surface area contributed by atoms with Gasteiger partial charge in [0.1, 0.15) is 23.1 Å². The van der Waals surface area contributed by atoms with Crippen molar-refractivity contribution in [1.29, 1.82) is 0 Å². The molecule has 18 heteroatoms. The molecule has 0 radical (unpaired) electrons. The van der Waals surface area contributed by atoms with Crippen LogP contribution >= 0.6 is 11.6 Å². The molecule has 3 N–H and O–H groups in total. The first-order chi connectivity index (χ1) is 24.9. The Morgan fingerprint density at radius 2 is 1.68 bits per heavy atom. The van der Waals surface area contributed by atoms with Gasteiger partial charge in [-0.3, -0.25) is 14.6 Å². The van der Waals surface area contributed by atoms with Crippen LogP contribution in [0.2, 0.25) is 5.02 Å². The maximum absolute atomic E-state index is 15.2. The van der Waals surface area contributed by atoms with Crippen LogP contribution < -0.4 is 20.7 Å². The summed E-state index contributed by atoms with van der Waals surface area (Å²) in [6, 6.07) is 8.41. The molecule has 1 aromatic heterocycles. The number of esters is 1. The van der Waals surface area contributed by atoms with E-state index in [1.807, 2.05) is 5.32 Å². The van der Waals surface area contributed by atoms with Crippen LogP contribution in [0.15, 0.2) is 66.9 Å². The number of amides is 3. The largest absolute Gasteiger partial charge is 0.466 e. The number of halogens is 9. The summed E-state index contributed by atoms with van der Waals surface area (Å²) in [5, 5.41) is 7.32. The molecule has 3 aromatic rings. The van der Waals surface area contributed by atoms with Crippen molar-refractivity contribution in [3.8, 4) is 5.75 Å². The van der Waals surface area contributed by atoms with Crippen LogP contribution in [0, 0.1) is 11.7 Å². The number of rotatable bonds is 14. The van der Waals surface area contributed by atoms with Gasteiger partial charge in [0.15, 0.2) is 0 Å². The molecule has 1 fully saturated rings. The smallest absolute Gasteiger partial charge is 0.461 e. The van der Waals surface area contributed by atoms with E-state index >= 15 is 4.39 Å². The number of hydrogen-bond acceptors (Lipinski definition) is 6. The minimum Gasteiger partial charge on any atom is -0.466 e. The van der Waals surface area contributed by atoms with Crippen LogP contribution in [0.5, 0.6) is 5.75 Å². The number of alkyl halides is 7. The molecule has 2 aromatic carbocycles. The van der Waals surface area contributed by atoms with Gasteiger partial charge in [-0.2, -0.15) is 30.7 Å². The van der Waals surface area contributed by atoms with Crippen molar-refractivity contribution in [3.63, 3.8) is 0 Å². The fraction of sp³-hybridized carbons (Fsp3) is 0.429. The van der Waals surface area contributed by atoms with Gasteiger partial charge in [0.25, 0.3) is 0 Å². The molecule has 1 aliphatic carbocycles. The van der Waals surface area contributed by atoms with Gasteiger partial charge in [-0.15, -0.1) is 0 Å². The third-order valence-corrected chi connectivity index (χ3v) is 8.71. The van der Waals surface area contributed by atoms with Crippen LogP contribution in [-0.4, -0.2) is 60.3 Å². The number of pyridine rings is 1. The monoisotopic (exact) mass is 778 g/mol. The third kappa shape index (κ3) is 10.9. The zero-order valence-corrected chi connectivity index (χ0v) is 28.8. The van der Waals surface area contributed by atoms with Crippen molar-refractivity contribution in [3.05, 3.63) is 94.5 Å². The number of nitrogens with zero attached hydrogens (tertiary/aromatic N) is 1. The van der Waals surface area contributed by atoms with Gasteiger partial charge in [-0.25, -0.2) is 9.18 Å². The Kier molecular flexibility index (Phi) is 13.5. The lowest BCUT2D eigenvalue weighted by atomic mass is 9.80. The van der Waals surface area contributed by atoms with Crippen molar-refractivity contribution in [2.24, 2.45) is 5.92 Å². The lowest BCUT2D eigenvalue weighted by Crippen LogP contribution is -2.58. The fourth-order valence-corrected chi connectivity index (χ4v) is 6.16. The molecule has 0 aliphatic heterocycles. The minimum absolute atomic E-state index is 0.0250. The number of nitrogens with one attached hydrogen (secondary N) is 3. The first-order valence-corrected chi connectivity index (χ1v) is 16.7. The molecule has 9 nitrogen and oxygen atoms in total. The highest BCUT2D eigenvalue weighted by molar-refractivity contribution is 6.30. The van der Waals surface area contributed by atoms with E-state index in [4.69, 9.17) is 11.6 Å². The molecule has 53 heavy (non-hydrogen) atoms. The highest BCUT2D eigenvalue weighted by Crippen LogP contribution is 2.38. The van der Waals surface area contributed by atoms with Crippen LogP contribution in [0.25, 0.3) is 0 Å². The molecule has 288 valence electrons. The second-order valence-electron chi connectivity index (χ2n) is 12.3. The van der Waals surface area contributed by atoms with Gasteiger partial charge in [-0.1, -0.05) is 54.8 Å². The Balaban J connectivity index is 1.74. The molecular formula is C35H35ClF8N4O5. The molecule has 1 unspecified atom stereocenters. The zero-order chi connectivity index (χ0) is 39.0. The maximum atomic E-state index is 15.2. The van der Waals surface area contributed by atoms with Gasteiger partial charge in [0.05, 0.1) is 29.7 Å². The van der Waals surface area contributed by atoms with Gasteiger partial charge < -0.3 is 25.4 Å². The Bertz CT molecular complexity index is 1720. The summed E-state index contributed by atoms with van der Waals surface area (Å²) in [6.45, 7) is 1.23. The van der Waals surface area contributed by atoms with Crippen LogP contribution in [0.4, 0.5) is 39.9 Å². The van der Waals surface area contributed by atoms with E-state index in [0.717, 1.165) is 12.1 Å². The quantitative estimate of drug-likeness (QED) is 0.116. The van der Waals surface area contributed by atoms with E-state index in [-0.39, 0.29) is 42.1 Å². The van der Waals surface area contributed by atoms with Crippen molar-refractivity contribution < 1.29 is 59.0 Å². The summed E-state index contributed by atoms with van der Waals surface area (Å²) < 4.78 is 120. The molecule has 1 heterocycles. The average molecular weight is 779 g/mol. The summed E-state index contributed by atoms with van der Waals surface area (Å²) in [5.74, 6) is -5.66. The van der Waals surface area contributed by atoms with E-state index in [1.165, 1.54) is 25.3 Å². The summed E-state index contributed by atoms with van der Waals surface area (Å²) in [6.07, 6.45) is -13.4. The molecule has 1 saturated carbocycles. The minimum atomic E-state index is -5.02. The van der Waals surface area contributed by atoms with Crippen molar-refractivity contribution in [2.45, 2.75) is 81.8 Å². The van der Waals surface area contributed by atoms with E-state index in [1.54, 1.807) is 30.3 Å². The van der Waals surface area contributed by atoms with E-state index in [9.17, 15) is 45.1 Å². The van der Waals surface area contributed by atoms with Crippen molar-refractivity contribution in [1.82, 2.24) is 20.9 Å².